The molecule has 1 aliphatic rings. The van der Waals surface area contributed by atoms with Crippen LogP contribution in [0.1, 0.15) is 43.0 Å². The molecule has 0 bridgehead atoms. The SMILES string of the molecule is SC(NC1CCCCC1)c1ccc(-c2nc3ccccc3s2)cc1. The van der Waals surface area contributed by atoms with Gasteiger partial charge in [0.25, 0.3) is 0 Å². The van der Waals surface area contributed by atoms with Gasteiger partial charge in [0.2, 0.25) is 0 Å². The Hall–Kier alpha value is -1.36. The van der Waals surface area contributed by atoms with Gasteiger partial charge in [-0.15, -0.1) is 11.3 Å². The van der Waals surface area contributed by atoms with Gasteiger partial charge >= 0.3 is 0 Å². The summed E-state index contributed by atoms with van der Waals surface area (Å²) >= 11 is 6.52. The predicted molar refractivity (Wildman–Crippen MR) is 107 cm³/mol. The summed E-state index contributed by atoms with van der Waals surface area (Å²) in [7, 11) is 0. The number of hydrogen-bond donors (Lipinski definition) is 2. The highest BCUT2D eigenvalue weighted by molar-refractivity contribution is 7.80. The Kier molecular flexibility index (Phi) is 4.88. The van der Waals surface area contributed by atoms with Crippen molar-refractivity contribution in [1.29, 1.82) is 0 Å². The predicted octanol–water partition coefficient (Wildman–Crippen LogP) is 5.81. The first-order valence-electron chi connectivity index (χ1n) is 8.69. The first-order valence-corrected chi connectivity index (χ1v) is 10.0. The quantitative estimate of drug-likeness (QED) is 0.456. The average molecular weight is 355 g/mol. The van der Waals surface area contributed by atoms with E-state index in [0.29, 0.717) is 6.04 Å². The second-order valence-corrected chi connectivity index (χ2v) is 8.06. The minimum Gasteiger partial charge on any atom is -0.299 e. The number of thiazole rings is 1. The minimum absolute atomic E-state index is 0.109. The number of nitrogens with one attached hydrogen (secondary N) is 1. The first-order chi connectivity index (χ1) is 11.8. The Balaban J connectivity index is 1.49. The Bertz CT molecular complexity index is 771. The van der Waals surface area contributed by atoms with E-state index in [0.717, 1.165) is 10.5 Å². The molecule has 24 heavy (non-hydrogen) atoms. The summed E-state index contributed by atoms with van der Waals surface area (Å²) in [5, 5.41) is 4.86. The van der Waals surface area contributed by atoms with E-state index >= 15 is 0 Å². The van der Waals surface area contributed by atoms with Gasteiger partial charge < -0.3 is 0 Å². The lowest BCUT2D eigenvalue weighted by Gasteiger charge is -2.26. The molecule has 1 aromatic heterocycles. The number of para-hydroxylation sites is 1. The number of fused-ring (bicyclic) bond motifs is 1. The number of rotatable bonds is 4. The molecule has 1 aliphatic carbocycles. The molecule has 0 amide bonds. The molecule has 0 spiro atoms. The molecule has 4 rings (SSSR count). The molecule has 0 radical (unpaired) electrons. The molecule has 1 N–H and O–H groups in total. The van der Waals surface area contributed by atoms with E-state index in [1.54, 1.807) is 11.3 Å². The summed E-state index contributed by atoms with van der Waals surface area (Å²) in [5.74, 6) is 0. The molecule has 1 saturated carbocycles. The minimum atomic E-state index is 0.109. The molecule has 0 saturated heterocycles. The van der Waals surface area contributed by atoms with Gasteiger partial charge in [-0.3, -0.25) is 5.32 Å². The van der Waals surface area contributed by atoms with Crippen LogP contribution in [0.25, 0.3) is 20.8 Å². The Morgan fingerprint density at radius 2 is 1.75 bits per heavy atom. The molecule has 2 aromatic carbocycles. The van der Waals surface area contributed by atoms with Crippen LogP contribution >= 0.6 is 24.0 Å². The van der Waals surface area contributed by atoms with Crippen molar-refractivity contribution in [2.24, 2.45) is 0 Å². The molecule has 3 aromatic rings. The van der Waals surface area contributed by atoms with Gasteiger partial charge in [0, 0.05) is 11.6 Å². The maximum atomic E-state index is 4.77. The van der Waals surface area contributed by atoms with Gasteiger partial charge in [0.05, 0.1) is 15.6 Å². The highest BCUT2D eigenvalue weighted by Crippen LogP contribution is 2.31. The fourth-order valence-corrected chi connectivity index (χ4v) is 4.75. The van der Waals surface area contributed by atoms with Crippen molar-refractivity contribution < 1.29 is 0 Å². The van der Waals surface area contributed by atoms with Crippen molar-refractivity contribution in [3.8, 4) is 10.6 Å². The Morgan fingerprint density at radius 1 is 1.00 bits per heavy atom. The molecule has 1 heterocycles. The van der Waals surface area contributed by atoms with Crippen LogP contribution in [0.3, 0.4) is 0 Å². The second-order valence-electron chi connectivity index (χ2n) is 6.51. The zero-order valence-corrected chi connectivity index (χ0v) is 15.3. The average Bonchev–Trinajstić information content (AvgIpc) is 3.07. The number of nitrogens with zero attached hydrogens (tertiary/aromatic N) is 1. The van der Waals surface area contributed by atoms with Crippen LogP contribution in [0, 0.1) is 0 Å². The number of hydrogen-bond acceptors (Lipinski definition) is 4. The van der Waals surface area contributed by atoms with E-state index in [1.165, 1.54) is 47.9 Å². The fourth-order valence-electron chi connectivity index (χ4n) is 3.39. The maximum absolute atomic E-state index is 4.77. The van der Waals surface area contributed by atoms with Gasteiger partial charge in [0.1, 0.15) is 5.01 Å². The standard InChI is InChI=1S/C20H22N2S2/c23-19(21-16-6-2-1-3-7-16)14-10-12-15(13-11-14)20-22-17-8-4-5-9-18(17)24-20/h4-5,8-13,16,19,21,23H,1-3,6-7H2. The van der Waals surface area contributed by atoms with Crippen molar-refractivity contribution in [2.45, 2.75) is 43.5 Å². The van der Waals surface area contributed by atoms with Gasteiger partial charge in [0.15, 0.2) is 0 Å². The smallest absolute Gasteiger partial charge is 0.124 e. The Morgan fingerprint density at radius 3 is 2.50 bits per heavy atom. The molecular weight excluding hydrogens is 332 g/mol. The van der Waals surface area contributed by atoms with Crippen molar-refractivity contribution in [3.63, 3.8) is 0 Å². The second kappa shape index (κ2) is 7.26. The van der Waals surface area contributed by atoms with E-state index < -0.39 is 0 Å². The normalized spacial score (nSPS) is 17.2. The zero-order chi connectivity index (χ0) is 16.4. The van der Waals surface area contributed by atoms with E-state index in [9.17, 15) is 0 Å². The maximum Gasteiger partial charge on any atom is 0.124 e. The summed E-state index contributed by atoms with van der Waals surface area (Å²) in [6.07, 6.45) is 6.62. The third kappa shape index (κ3) is 3.51. The topological polar surface area (TPSA) is 24.9 Å². The zero-order valence-electron chi connectivity index (χ0n) is 13.6. The number of benzene rings is 2. The van der Waals surface area contributed by atoms with E-state index in [-0.39, 0.29) is 5.37 Å². The van der Waals surface area contributed by atoms with Gasteiger partial charge in [-0.05, 0) is 30.5 Å². The van der Waals surface area contributed by atoms with Crippen LogP contribution in [0.4, 0.5) is 0 Å². The van der Waals surface area contributed by atoms with Gasteiger partial charge in [-0.25, -0.2) is 4.98 Å². The van der Waals surface area contributed by atoms with Gasteiger partial charge in [-0.1, -0.05) is 55.7 Å². The summed E-state index contributed by atoms with van der Waals surface area (Å²) < 4.78 is 1.24. The van der Waals surface area contributed by atoms with Crippen LogP contribution in [0.2, 0.25) is 0 Å². The van der Waals surface area contributed by atoms with Gasteiger partial charge in [-0.2, -0.15) is 12.6 Å². The molecule has 0 aliphatic heterocycles. The third-order valence-electron chi connectivity index (χ3n) is 4.77. The number of thiol groups is 1. The molecule has 1 fully saturated rings. The monoisotopic (exact) mass is 354 g/mol. The highest BCUT2D eigenvalue weighted by Gasteiger charge is 2.17. The van der Waals surface area contributed by atoms with Crippen LogP contribution in [0.15, 0.2) is 48.5 Å². The lowest BCUT2D eigenvalue weighted by molar-refractivity contribution is 0.370. The van der Waals surface area contributed by atoms with Crippen LogP contribution in [-0.2, 0) is 0 Å². The molecule has 124 valence electrons. The first kappa shape index (κ1) is 16.1. The Labute approximate surface area is 152 Å². The third-order valence-corrected chi connectivity index (χ3v) is 6.30. The van der Waals surface area contributed by atoms with Crippen LogP contribution in [-0.4, -0.2) is 11.0 Å². The van der Waals surface area contributed by atoms with Crippen molar-refractivity contribution >= 4 is 34.2 Å². The highest BCUT2D eigenvalue weighted by atomic mass is 32.1. The largest absolute Gasteiger partial charge is 0.299 e. The van der Waals surface area contributed by atoms with E-state index in [4.69, 9.17) is 17.6 Å². The molecule has 1 atom stereocenters. The molecular formula is C20H22N2S2. The van der Waals surface area contributed by atoms with Crippen molar-refractivity contribution in [1.82, 2.24) is 10.3 Å². The summed E-state index contributed by atoms with van der Waals surface area (Å²) in [6, 6.07) is 17.6. The van der Waals surface area contributed by atoms with E-state index in [1.807, 2.05) is 6.07 Å². The number of aromatic nitrogens is 1. The summed E-state index contributed by atoms with van der Waals surface area (Å²) in [4.78, 5) is 4.73. The van der Waals surface area contributed by atoms with Crippen molar-refractivity contribution in [2.75, 3.05) is 0 Å². The van der Waals surface area contributed by atoms with Crippen LogP contribution < -0.4 is 5.32 Å². The molecule has 4 heteroatoms. The summed E-state index contributed by atoms with van der Waals surface area (Å²) in [5.41, 5.74) is 3.49. The molecule has 1 unspecified atom stereocenters. The summed E-state index contributed by atoms with van der Waals surface area (Å²) in [6.45, 7) is 0. The fraction of sp³-hybridized carbons (Fsp3) is 0.350. The lowest BCUT2D eigenvalue weighted by Crippen LogP contribution is -2.32. The van der Waals surface area contributed by atoms with Crippen molar-refractivity contribution in [3.05, 3.63) is 54.1 Å². The van der Waals surface area contributed by atoms with E-state index in [2.05, 4.69) is 47.8 Å². The van der Waals surface area contributed by atoms with Crippen LogP contribution in [0.5, 0.6) is 0 Å². The molecule has 2 nitrogen and oxygen atoms in total. The lowest BCUT2D eigenvalue weighted by atomic mass is 9.95.